The smallest absolute Gasteiger partial charge is 0.270 e. The molecule has 148 valence electrons. The van der Waals surface area contributed by atoms with Crippen LogP contribution in [0.3, 0.4) is 0 Å². The molecule has 1 heterocycles. The summed E-state index contributed by atoms with van der Waals surface area (Å²) in [5.41, 5.74) is 2.55. The first-order valence-electron chi connectivity index (χ1n) is 9.17. The highest BCUT2D eigenvalue weighted by atomic mass is 19.1. The van der Waals surface area contributed by atoms with E-state index in [4.69, 9.17) is 0 Å². The summed E-state index contributed by atoms with van der Waals surface area (Å²) < 4.78 is 12.9. The molecule has 1 amide bonds. The number of aromatic nitrogens is 2. The van der Waals surface area contributed by atoms with Crippen molar-refractivity contribution >= 4 is 23.2 Å². The number of anilines is 2. The number of amides is 1. The fourth-order valence-corrected chi connectivity index (χ4v) is 2.75. The van der Waals surface area contributed by atoms with Crippen LogP contribution in [0.25, 0.3) is 0 Å². The molecule has 0 saturated heterocycles. The predicted octanol–water partition coefficient (Wildman–Crippen LogP) is 3.84. The Morgan fingerprint density at radius 1 is 1.00 bits per heavy atom. The zero-order valence-electron chi connectivity index (χ0n) is 16.2. The Hall–Kier alpha value is -3.61. The molecular weight excluding hydrogens is 371 g/mol. The van der Waals surface area contributed by atoms with Gasteiger partial charge in [-0.25, -0.2) is 14.4 Å². The number of carbonyl (C=O) groups is 2. The van der Waals surface area contributed by atoms with Crippen molar-refractivity contribution in [1.82, 2.24) is 15.3 Å². The van der Waals surface area contributed by atoms with Gasteiger partial charge in [0.15, 0.2) is 5.78 Å². The number of nitrogens with one attached hydrogen (secondary N) is 2. The van der Waals surface area contributed by atoms with Gasteiger partial charge in [-0.2, -0.15) is 0 Å². The van der Waals surface area contributed by atoms with Gasteiger partial charge < -0.3 is 10.6 Å². The number of benzene rings is 2. The van der Waals surface area contributed by atoms with Gasteiger partial charge in [0.2, 0.25) is 0 Å². The van der Waals surface area contributed by atoms with Crippen LogP contribution in [0.5, 0.6) is 0 Å². The molecule has 3 aromatic rings. The molecule has 0 aliphatic rings. The average molecular weight is 392 g/mol. The summed E-state index contributed by atoms with van der Waals surface area (Å²) >= 11 is 0. The number of aryl methyl sites for hydroxylation is 1. The highest BCUT2D eigenvalue weighted by Crippen LogP contribution is 2.16. The van der Waals surface area contributed by atoms with E-state index in [1.165, 1.54) is 19.1 Å². The minimum absolute atomic E-state index is 0.00553. The maximum absolute atomic E-state index is 12.9. The maximum atomic E-state index is 12.9. The average Bonchev–Trinajstić information content (AvgIpc) is 2.69. The van der Waals surface area contributed by atoms with Crippen LogP contribution in [-0.4, -0.2) is 28.2 Å². The van der Waals surface area contributed by atoms with Crippen LogP contribution in [0.1, 0.15) is 39.2 Å². The lowest BCUT2D eigenvalue weighted by molar-refractivity contribution is 0.0947. The monoisotopic (exact) mass is 392 g/mol. The molecule has 0 atom stereocenters. The number of hydrogen-bond acceptors (Lipinski definition) is 5. The van der Waals surface area contributed by atoms with Crippen LogP contribution >= 0.6 is 0 Å². The fourth-order valence-electron chi connectivity index (χ4n) is 2.75. The molecule has 2 aromatic carbocycles. The molecule has 0 radical (unpaired) electrons. The third-order valence-corrected chi connectivity index (χ3v) is 4.25. The predicted molar refractivity (Wildman–Crippen MR) is 109 cm³/mol. The van der Waals surface area contributed by atoms with Crippen molar-refractivity contribution in [1.29, 1.82) is 0 Å². The van der Waals surface area contributed by atoms with Crippen molar-refractivity contribution < 1.29 is 14.0 Å². The maximum Gasteiger partial charge on any atom is 0.270 e. The first-order chi connectivity index (χ1) is 13.9. The largest absolute Gasteiger partial charge is 0.350 e. The van der Waals surface area contributed by atoms with Gasteiger partial charge in [0.1, 0.15) is 23.2 Å². The molecular formula is C22H21FN4O2. The minimum Gasteiger partial charge on any atom is -0.350 e. The molecule has 0 aliphatic carbocycles. The Morgan fingerprint density at radius 3 is 2.34 bits per heavy atom. The van der Waals surface area contributed by atoms with Crippen molar-refractivity contribution in [3.63, 3.8) is 0 Å². The standard InChI is InChI=1S/C22H21FN4O2/c1-14(28)17-5-9-19(10-6-17)27-21-13-20(25-15(2)26-21)22(29)24-12-11-16-3-7-18(23)8-4-16/h3-10,13H,11-12H2,1-2H3,(H,24,29)(H,25,26,27). The highest BCUT2D eigenvalue weighted by molar-refractivity contribution is 5.94. The molecule has 0 unspecified atom stereocenters. The Balaban J connectivity index is 1.63. The van der Waals surface area contributed by atoms with Gasteiger partial charge in [-0.05, 0) is 62.2 Å². The van der Waals surface area contributed by atoms with Crippen LogP contribution in [0.4, 0.5) is 15.9 Å². The summed E-state index contributed by atoms with van der Waals surface area (Å²) in [6, 6.07) is 14.7. The zero-order chi connectivity index (χ0) is 20.8. The zero-order valence-corrected chi connectivity index (χ0v) is 16.2. The van der Waals surface area contributed by atoms with E-state index in [9.17, 15) is 14.0 Å². The van der Waals surface area contributed by atoms with Gasteiger partial charge in [0, 0.05) is 23.9 Å². The van der Waals surface area contributed by atoms with E-state index in [2.05, 4.69) is 20.6 Å². The van der Waals surface area contributed by atoms with E-state index >= 15 is 0 Å². The van der Waals surface area contributed by atoms with Crippen molar-refractivity contribution in [2.24, 2.45) is 0 Å². The van der Waals surface area contributed by atoms with Gasteiger partial charge >= 0.3 is 0 Å². The van der Waals surface area contributed by atoms with Gasteiger partial charge in [-0.3, -0.25) is 9.59 Å². The number of Topliss-reactive ketones (excluding diaryl/α,β-unsaturated/α-hetero) is 1. The summed E-state index contributed by atoms with van der Waals surface area (Å²) in [6.07, 6.45) is 0.587. The number of nitrogens with zero attached hydrogens (tertiary/aromatic N) is 2. The number of rotatable bonds is 7. The second-order valence-electron chi connectivity index (χ2n) is 6.58. The van der Waals surface area contributed by atoms with E-state index in [-0.39, 0.29) is 23.2 Å². The van der Waals surface area contributed by atoms with E-state index in [0.29, 0.717) is 30.2 Å². The Morgan fingerprint density at radius 2 is 1.69 bits per heavy atom. The SMILES string of the molecule is CC(=O)c1ccc(Nc2cc(C(=O)NCCc3ccc(F)cc3)nc(C)n2)cc1. The van der Waals surface area contributed by atoms with Crippen LogP contribution in [-0.2, 0) is 6.42 Å². The number of carbonyl (C=O) groups excluding carboxylic acids is 2. The number of halogens is 1. The summed E-state index contributed by atoms with van der Waals surface area (Å²) in [6.45, 7) is 3.62. The molecule has 6 nitrogen and oxygen atoms in total. The van der Waals surface area contributed by atoms with Crippen molar-refractivity contribution in [3.8, 4) is 0 Å². The molecule has 3 rings (SSSR count). The van der Waals surface area contributed by atoms with Gasteiger partial charge in [-0.15, -0.1) is 0 Å². The molecule has 1 aromatic heterocycles. The van der Waals surface area contributed by atoms with Gasteiger partial charge in [-0.1, -0.05) is 12.1 Å². The van der Waals surface area contributed by atoms with E-state index < -0.39 is 0 Å². The Bertz CT molecular complexity index is 1020. The lowest BCUT2D eigenvalue weighted by atomic mass is 10.1. The lowest BCUT2D eigenvalue weighted by Gasteiger charge is -2.10. The second-order valence-corrected chi connectivity index (χ2v) is 6.58. The summed E-state index contributed by atoms with van der Waals surface area (Å²) in [7, 11) is 0. The second kappa shape index (κ2) is 9.05. The van der Waals surface area contributed by atoms with Crippen LogP contribution in [0.2, 0.25) is 0 Å². The summed E-state index contributed by atoms with van der Waals surface area (Å²) in [5, 5.41) is 5.93. The molecule has 0 aliphatic heterocycles. The number of hydrogen-bond donors (Lipinski definition) is 2. The third kappa shape index (κ3) is 5.68. The fraction of sp³-hybridized carbons (Fsp3) is 0.182. The van der Waals surface area contributed by atoms with E-state index in [1.807, 2.05) is 0 Å². The van der Waals surface area contributed by atoms with Crippen molar-refractivity contribution in [2.45, 2.75) is 20.3 Å². The normalized spacial score (nSPS) is 10.4. The van der Waals surface area contributed by atoms with Gasteiger partial charge in [0.25, 0.3) is 5.91 Å². The van der Waals surface area contributed by atoms with Crippen molar-refractivity contribution in [3.05, 3.63) is 83.1 Å². The molecule has 2 N–H and O–H groups in total. The summed E-state index contributed by atoms with van der Waals surface area (Å²) in [5.74, 6) is 0.336. The quantitative estimate of drug-likeness (QED) is 0.597. The number of ketones is 1. The topological polar surface area (TPSA) is 84.0 Å². The van der Waals surface area contributed by atoms with Crippen LogP contribution < -0.4 is 10.6 Å². The molecule has 0 spiro atoms. The lowest BCUT2D eigenvalue weighted by Crippen LogP contribution is -2.27. The summed E-state index contributed by atoms with van der Waals surface area (Å²) in [4.78, 5) is 32.3. The Labute approximate surface area is 168 Å². The molecule has 7 heteroatoms. The first-order valence-corrected chi connectivity index (χ1v) is 9.17. The first kappa shape index (κ1) is 20.1. The molecule has 29 heavy (non-hydrogen) atoms. The third-order valence-electron chi connectivity index (χ3n) is 4.25. The highest BCUT2D eigenvalue weighted by Gasteiger charge is 2.11. The van der Waals surface area contributed by atoms with Crippen LogP contribution in [0, 0.1) is 12.7 Å². The molecule has 0 bridgehead atoms. The minimum atomic E-state index is -0.312. The van der Waals surface area contributed by atoms with E-state index in [0.717, 1.165) is 11.3 Å². The molecule has 0 fully saturated rings. The van der Waals surface area contributed by atoms with Gasteiger partial charge in [0.05, 0.1) is 0 Å². The Kier molecular flexibility index (Phi) is 6.29. The van der Waals surface area contributed by atoms with Crippen LogP contribution in [0.15, 0.2) is 54.6 Å². The van der Waals surface area contributed by atoms with Crippen molar-refractivity contribution in [2.75, 3.05) is 11.9 Å². The molecule has 0 saturated carbocycles. The van der Waals surface area contributed by atoms with E-state index in [1.54, 1.807) is 49.4 Å².